The first kappa shape index (κ1) is 10.4. The first-order chi connectivity index (χ1) is 6.95. The zero-order valence-electron chi connectivity index (χ0n) is 9.13. The molecular weight excluding hydrogens is 174 g/mol. The van der Waals surface area contributed by atoms with E-state index < -0.39 is 0 Å². The van der Waals surface area contributed by atoms with Gasteiger partial charge in [-0.3, -0.25) is 0 Å². The largest absolute Gasteiger partial charge is 0.378 e. The summed E-state index contributed by atoms with van der Waals surface area (Å²) in [6, 6.07) is 0.835. The summed E-state index contributed by atoms with van der Waals surface area (Å²) >= 11 is 0. The normalized spacial score (nSPS) is 24.0. The lowest BCUT2D eigenvalue weighted by Gasteiger charge is -2.26. The van der Waals surface area contributed by atoms with Crippen molar-refractivity contribution in [3.05, 3.63) is 0 Å². The minimum Gasteiger partial charge on any atom is -0.378 e. The van der Waals surface area contributed by atoms with Crippen molar-refractivity contribution in [1.29, 1.82) is 0 Å². The van der Waals surface area contributed by atoms with Gasteiger partial charge in [0.2, 0.25) is 0 Å². The smallest absolute Gasteiger partial charge is 0.0575 e. The minimum atomic E-state index is 0.596. The van der Waals surface area contributed by atoms with Crippen LogP contribution in [0.25, 0.3) is 0 Å². The molecule has 2 nitrogen and oxygen atoms in total. The molecular formula is C12H23NO. The number of ether oxygens (including phenoxy) is 1. The van der Waals surface area contributed by atoms with E-state index in [4.69, 9.17) is 4.74 Å². The van der Waals surface area contributed by atoms with Gasteiger partial charge in [-0.15, -0.1) is 0 Å². The quantitative estimate of drug-likeness (QED) is 0.660. The summed E-state index contributed by atoms with van der Waals surface area (Å²) in [5.74, 6) is 0. The monoisotopic (exact) mass is 197 g/mol. The van der Waals surface area contributed by atoms with Crippen LogP contribution in [0.5, 0.6) is 0 Å². The van der Waals surface area contributed by atoms with E-state index in [-0.39, 0.29) is 0 Å². The zero-order chi connectivity index (χ0) is 9.64. The van der Waals surface area contributed by atoms with Gasteiger partial charge in [0.15, 0.2) is 0 Å². The van der Waals surface area contributed by atoms with Crippen LogP contribution in [0.1, 0.15) is 51.4 Å². The van der Waals surface area contributed by atoms with Gasteiger partial charge < -0.3 is 10.1 Å². The second-order valence-electron chi connectivity index (χ2n) is 4.71. The fraction of sp³-hybridized carbons (Fsp3) is 1.00. The van der Waals surface area contributed by atoms with Gasteiger partial charge in [0.05, 0.1) is 6.10 Å². The average molecular weight is 197 g/mol. The maximum absolute atomic E-state index is 5.80. The Hall–Kier alpha value is -0.0800. The molecule has 1 N–H and O–H groups in total. The molecule has 0 aromatic heterocycles. The Morgan fingerprint density at radius 1 is 1.00 bits per heavy atom. The van der Waals surface area contributed by atoms with Crippen molar-refractivity contribution in [2.24, 2.45) is 0 Å². The molecule has 2 aliphatic rings. The van der Waals surface area contributed by atoms with Gasteiger partial charge in [0.25, 0.3) is 0 Å². The van der Waals surface area contributed by atoms with E-state index in [0.717, 1.165) is 19.2 Å². The Balaban J connectivity index is 1.39. The van der Waals surface area contributed by atoms with Gasteiger partial charge in [-0.05, 0) is 38.6 Å². The highest BCUT2D eigenvalue weighted by atomic mass is 16.5. The molecule has 0 aliphatic heterocycles. The molecule has 0 heterocycles. The van der Waals surface area contributed by atoms with E-state index >= 15 is 0 Å². The van der Waals surface area contributed by atoms with Gasteiger partial charge in [-0.2, -0.15) is 0 Å². The number of hydrogen-bond donors (Lipinski definition) is 1. The molecule has 0 saturated heterocycles. The van der Waals surface area contributed by atoms with Gasteiger partial charge >= 0.3 is 0 Å². The average Bonchev–Trinajstić information content (AvgIpc) is 2.60. The highest BCUT2D eigenvalue weighted by Crippen LogP contribution is 2.21. The first-order valence-corrected chi connectivity index (χ1v) is 6.30. The Bertz CT molecular complexity index is 150. The molecule has 2 saturated carbocycles. The van der Waals surface area contributed by atoms with Crippen molar-refractivity contribution in [1.82, 2.24) is 5.32 Å². The van der Waals surface area contributed by atoms with Crippen LogP contribution in [-0.4, -0.2) is 25.3 Å². The molecule has 0 atom stereocenters. The van der Waals surface area contributed by atoms with Crippen molar-refractivity contribution >= 4 is 0 Å². The Kier molecular flexibility index (Phi) is 4.26. The van der Waals surface area contributed by atoms with E-state index in [1.54, 1.807) is 0 Å². The molecule has 0 amide bonds. The molecule has 14 heavy (non-hydrogen) atoms. The standard InChI is InChI=1S/C12H23NO/c1-2-8-12(7-1)14-10-4-9-13-11-5-3-6-11/h11-13H,1-10H2. The van der Waals surface area contributed by atoms with Crippen LogP contribution in [-0.2, 0) is 4.74 Å². The van der Waals surface area contributed by atoms with Gasteiger partial charge in [0.1, 0.15) is 0 Å². The number of nitrogens with one attached hydrogen (secondary N) is 1. The molecule has 2 heteroatoms. The fourth-order valence-electron chi connectivity index (χ4n) is 2.30. The highest BCUT2D eigenvalue weighted by molar-refractivity contribution is 4.75. The summed E-state index contributed by atoms with van der Waals surface area (Å²) in [6.07, 6.45) is 11.4. The topological polar surface area (TPSA) is 21.3 Å². The Labute approximate surface area is 87.4 Å². The van der Waals surface area contributed by atoms with Gasteiger partial charge in [-0.1, -0.05) is 19.3 Å². The zero-order valence-corrected chi connectivity index (χ0v) is 9.13. The molecule has 0 radical (unpaired) electrons. The molecule has 2 rings (SSSR count). The van der Waals surface area contributed by atoms with Crippen LogP contribution < -0.4 is 5.32 Å². The Morgan fingerprint density at radius 3 is 2.43 bits per heavy atom. The molecule has 2 aliphatic carbocycles. The minimum absolute atomic E-state index is 0.596. The van der Waals surface area contributed by atoms with E-state index in [2.05, 4.69) is 5.32 Å². The second kappa shape index (κ2) is 5.72. The molecule has 0 bridgehead atoms. The van der Waals surface area contributed by atoms with Gasteiger partial charge in [0, 0.05) is 12.6 Å². The molecule has 82 valence electrons. The van der Waals surface area contributed by atoms with Crippen LogP contribution in [0.3, 0.4) is 0 Å². The van der Waals surface area contributed by atoms with Crippen molar-refractivity contribution in [2.45, 2.75) is 63.5 Å². The lowest BCUT2D eigenvalue weighted by molar-refractivity contribution is 0.0562. The number of hydrogen-bond acceptors (Lipinski definition) is 2. The third kappa shape index (κ3) is 3.25. The third-order valence-corrected chi connectivity index (χ3v) is 3.52. The van der Waals surface area contributed by atoms with E-state index in [0.29, 0.717) is 6.10 Å². The molecule has 2 fully saturated rings. The lowest BCUT2D eigenvalue weighted by atomic mass is 9.93. The van der Waals surface area contributed by atoms with E-state index in [9.17, 15) is 0 Å². The molecule has 0 aromatic carbocycles. The highest BCUT2D eigenvalue weighted by Gasteiger charge is 2.16. The summed E-state index contributed by atoms with van der Waals surface area (Å²) < 4.78 is 5.80. The third-order valence-electron chi connectivity index (χ3n) is 3.52. The first-order valence-electron chi connectivity index (χ1n) is 6.30. The maximum Gasteiger partial charge on any atom is 0.0575 e. The van der Waals surface area contributed by atoms with Crippen molar-refractivity contribution < 1.29 is 4.74 Å². The number of rotatable bonds is 6. The van der Waals surface area contributed by atoms with Crippen LogP contribution in [0.4, 0.5) is 0 Å². The second-order valence-corrected chi connectivity index (χ2v) is 4.71. The Morgan fingerprint density at radius 2 is 1.79 bits per heavy atom. The van der Waals surface area contributed by atoms with Crippen molar-refractivity contribution in [3.8, 4) is 0 Å². The molecule has 0 aromatic rings. The van der Waals surface area contributed by atoms with Crippen LogP contribution >= 0.6 is 0 Å². The fourth-order valence-corrected chi connectivity index (χ4v) is 2.30. The molecule has 0 spiro atoms. The summed E-state index contributed by atoms with van der Waals surface area (Å²) in [4.78, 5) is 0. The SMILES string of the molecule is C(CNC1CCC1)COC1CCCC1. The predicted octanol–water partition coefficient (Wildman–Crippen LogP) is 2.48. The summed E-state index contributed by atoms with van der Waals surface area (Å²) in [5.41, 5.74) is 0. The summed E-state index contributed by atoms with van der Waals surface area (Å²) in [5, 5.41) is 3.56. The maximum atomic E-state index is 5.80. The molecule has 0 unspecified atom stereocenters. The van der Waals surface area contributed by atoms with Crippen LogP contribution in [0.2, 0.25) is 0 Å². The van der Waals surface area contributed by atoms with E-state index in [1.807, 2.05) is 0 Å². The summed E-state index contributed by atoms with van der Waals surface area (Å²) in [6.45, 7) is 2.11. The lowest BCUT2D eigenvalue weighted by Crippen LogP contribution is -2.36. The van der Waals surface area contributed by atoms with E-state index in [1.165, 1.54) is 51.4 Å². The van der Waals surface area contributed by atoms with Crippen LogP contribution in [0.15, 0.2) is 0 Å². The van der Waals surface area contributed by atoms with Crippen LogP contribution in [0, 0.1) is 0 Å². The van der Waals surface area contributed by atoms with Crippen molar-refractivity contribution in [2.75, 3.05) is 13.2 Å². The van der Waals surface area contributed by atoms with Crippen molar-refractivity contribution in [3.63, 3.8) is 0 Å². The predicted molar refractivity (Wildman–Crippen MR) is 58.5 cm³/mol. The van der Waals surface area contributed by atoms with Gasteiger partial charge in [-0.25, -0.2) is 0 Å². The summed E-state index contributed by atoms with van der Waals surface area (Å²) in [7, 11) is 0.